The van der Waals surface area contributed by atoms with E-state index in [0.29, 0.717) is 36.0 Å². The third-order valence-corrected chi connectivity index (χ3v) is 8.70. The summed E-state index contributed by atoms with van der Waals surface area (Å²) in [7, 11) is -4.17. The molecule has 2 amide bonds. The van der Waals surface area contributed by atoms with Crippen LogP contribution in [0.5, 0.6) is 5.75 Å². The summed E-state index contributed by atoms with van der Waals surface area (Å²) in [6, 6.07) is 19.2. The number of amides is 2. The molecule has 0 aliphatic heterocycles. The molecule has 3 aromatic rings. The minimum atomic E-state index is -4.17. The van der Waals surface area contributed by atoms with Gasteiger partial charge in [-0.2, -0.15) is 0 Å². The number of hydrogen-bond donors (Lipinski definition) is 1. The summed E-state index contributed by atoms with van der Waals surface area (Å²) in [6.45, 7) is 10.1. The van der Waals surface area contributed by atoms with E-state index >= 15 is 0 Å². The Kier molecular flexibility index (Phi) is 11.8. The first-order chi connectivity index (χ1) is 20.0. The number of benzene rings is 3. The molecule has 0 aliphatic rings. The zero-order chi connectivity index (χ0) is 30.9. The second-order valence-electron chi connectivity index (χ2n) is 10.5. The molecule has 0 fully saturated rings. The molecule has 0 spiro atoms. The summed E-state index contributed by atoms with van der Waals surface area (Å²) >= 11 is 6.08. The van der Waals surface area contributed by atoms with Crippen molar-refractivity contribution < 1.29 is 22.7 Å². The van der Waals surface area contributed by atoms with Gasteiger partial charge in [-0.15, -0.1) is 0 Å². The average molecular weight is 614 g/mol. The maximum atomic E-state index is 14.1. The summed E-state index contributed by atoms with van der Waals surface area (Å²) < 4.78 is 34.6. The number of nitrogens with zero attached hydrogens (tertiary/aromatic N) is 2. The molecular formula is C32H40ClN3O5S. The molecular weight excluding hydrogens is 574 g/mol. The molecule has 0 aromatic heterocycles. The van der Waals surface area contributed by atoms with Gasteiger partial charge in [-0.3, -0.25) is 13.9 Å². The number of rotatable bonds is 14. The number of carbonyl (C=O) groups excluding carboxylic acids is 2. The van der Waals surface area contributed by atoms with Crippen LogP contribution in [0.4, 0.5) is 5.69 Å². The summed E-state index contributed by atoms with van der Waals surface area (Å²) in [5, 5.41) is 3.48. The summed E-state index contributed by atoms with van der Waals surface area (Å²) in [5.41, 5.74) is 2.05. The first-order valence-corrected chi connectivity index (χ1v) is 15.9. The highest BCUT2D eigenvalue weighted by atomic mass is 35.5. The van der Waals surface area contributed by atoms with Crippen LogP contribution in [-0.4, -0.2) is 50.9 Å². The Morgan fingerprint density at radius 2 is 1.55 bits per heavy atom. The van der Waals surface area contributed by atoms with Gasteiger partial charge in [-0.05, 0) is 80.3 Å². The molecule has 8 nitrogen and oxygen atoms in total. The Bertz CT molecular complexity index is 1430. The van der Waals surface area contributed by atoms with Crippen LogP contribution in [0.25, 0.3) is 0 Å². The zero-order valence-electron chi connectivity index (χ0n) is 24.8. The molecule has 3 rings (SSSR count). The maximum absolute atomic E-state index is 14.1. The van der Waals surface area contributed by atoms with Crippen molar-refractivity contribution in [2.24, 2.45) is 5.92 Å². The number of hydrogen-bond acceptors (Lipinski definition) is 5. The van der Waals surface area contributed by atoms with Crippen LogP contribution in [0.1, 0.15) is 45.2 Å². The molecule has 0 unspecified atom stereocenters. The van der Waals surface area contributed by atoms with Crippen molar-refractivity contribution in [3.05, 3.63) is 88.9 Å². The molecule has 1 N–H and O–H groups in total. The number of halogens is 1. The maximum Gasteiger partial charge on any atom is 0.264 e. The quantitative estimate of drug-likeness (QED) is 0.247. The Morgan fingerprint density at radius 1 is 0.929 bits per heavy atom. The molecule has 0 saturated heterocycles. The lowest BCUT2D eigenvalue weighted by atomic mass is 10.1. The van der Waals surface area contributed by atoms with E-state index in [9.17, 15) is 18.0 Å². The highest BCUT2D eigenvalue weighted by Crippen LogP contribution is 2.27. The number of aryl methyl sites for hydroxylation is 1. The fraction of sp³-hybridized carbons (Fsp3) is 0.375. The first-order valence-electron chi connectivity index (χ1n) is 14.1. The summed E-state index contributed by atoms with van der Waals surface area (Å²) in [6.07, 6.45) is 0.347. The van der Waals surface area contributed by atoms with Gasteiger partial charge in [0, 0.05) is 18.1 Å². The number of sulfonamides is 1. The van der Waals surface area contributed by atoms with E-state index < -0.39 is 28.5 Å². The van der Waals surface area contributed by atoms with Crippen molar-refractivity contribution in [1.29, 1.82) is 0 Å². The van der Waals surface area contributed by atoms with Gasteiger partial charge in [0.15, 0.2) is 0 Å². The van der Waals surface area contributed by atoms with Crippen molar-refractivity contribution in [3.8, 4) is 5.75 Å². The van der Waals surface area contributed by atoms with Crippen LogP contribution in [0, 0.1) is 12.8 Å². The topological polar surface area (TPSA) is 96.0 Å². The minimum absolute atomic E-state index is 0.0188. The van der Waals surface area contributed by atoms with Gasteiger partial charge in [0.25, 0.3) is 10.0 Å². The number of carbonyl (C=O) groups is 2. The third kappa shape index (κ3) is 8.72. The van der Waals surface area contributed by atoms with Crippen LogP contribution < -0.4 is 14.4 Å². The lowest BCUT2D eigenvalue weighted by Crippen LogP contribution is -2.52. The van der Waals surface area contributed by atoms with E-state index in [1.807, 2.05) is 34.6 Å². The fourth-order valence-corrected chi connectivity index (χ4v) is 5.91. The standard InChI is InChI=1S/C32H40ClN3O5S/c1-6-30(32(38)34-20-23(3)4)35(21-25-10-12-26(33)13-11-25)31(37)22-36(27-14-8-24(5)9-15-27)42(39,40)29-18-16-28(17-19-29)41-7-2/h8-19,23,30H,6-7,20-22H2,1-5H3,(H,34,38)/t30-/m1/s1. The van der Waals surface area contributed by atoms with Crippen LogP contribution in [-0.2, 0) is 26.2 Å². The van der Waals surface area contributed by atoms with Crippen molar-refractivity contribution in [3.63, 3.8) is 0 Å². The first kappa shape index (κ1) is 32.9. The Hall–Kier alpha value is -3.56. The van der Waals surface area contributed by atoms with E-state index in [-0.39, 0.29) is 23.3 Å². The van der Waals surface area contributed by atoms with Crippen LogP contribution in [0.15, 0.2) is 77.7 Å². The molecule has 3 aromatic carbocycles. The number of anilines is 1. The molecule has 0 heterocycles. The van der Waals surface area contributed by atoms with E-state index in [1.165, 1.54) is 17.0 Å². The highest BCUT2D eigenvalue weighted by molar-refractivity contribution is 7.92. The predicted molar refractivity (Wildman–Crippen MR) is 167 cm³/mol. The molecule has 0 aliphatic carbocycles. The van der Waals surface area contributed by atoms with Crippen molar-refractivity contribution in [2.45, 2.75) is 58.5 Å². The largest absolute Gasteiger partial charge is 0.494 e. The molecule has 0 radical (unpaired) electrons. The van der Waals surface area contributed by atoms with E-state index in [1.54, 1.807) is 60.7 Å². The number of nitrogens with one attached hydrogen (secondary N) is 1. The summed E-state index contributed by atoms with van der Waals surface area (Å²) in [5.74, 6) is -0.0266. The third-order valence-electron chi connectivity index (χ3n) is 6.66. The second-order valence-corrected chi connectivity index (χ2v) is 12.8. The van der Waals surface area contributed by atoms with Gasteiger partial charge in [0.05, 0.1) is 17.2 Å². The second kappa shape index (κ2) is 15.1. The van der Waals surface area contributed by atoms with Gasteiger partial charge >= 0.3 is 0 Å². The van der Waals surface area contributed by atoms with E-state index in [0.717, 1.165) is 15.4 Å². The predicted octanol–water partition coefficient (Wildman–Crippen LogP) is 5.82. The van der Waals surface area contributed by atoms with Gasteiger partial charge in [0.2, 0.25) is 11.8 Å². The molecule has 1 atom stereocenters. The normalized spacial score (nSPS) is 12.1. The van der Waals surface area contributed by atoms with Crippen molar-refractivity contribution in [2.75, 3.05) is 24.0 Å². The Morgan fingerprint density at radius 3 is 2.10 bits per heavy atom. The van der Waals surface area contributed by atoms with Crippen molar-refractivity contribution in [1.82, 2.24) is 10.2 Å². The van der Waals surface area contributed by atoms with Gasteiger partial charge in [0.1, 0.15) is 18.3 Å². The molecule has 0 saturated carbocycles. The fourth-order valence-electron chi connectivity index (χ4n) is 4.37. The average Bonchev–Trinajstić information content (AvgIpc) is 2.96. The zero-order valence-corrected chi connectivity index (χ0v) is 26.4. The lowest BCUT2D eigenvalue weighted by Gasteiger charge is -2.33. The SMILES string of the molecule is CCOc1ccc(S(=O)(=O)N(CC(=O)N(Cc2ccc(Cl)cc2)[C@H](CC)C(=O)NCC(C)C)c2ccc(C)cc2)cc1. The van der Waals surface area contributed by atoms with Gasteiger partial charge < -0.3 is 15.0 Å². The van der Waals surface area contributed by atoms with E-state index in [4.69, 9.17) is 16.3 Å². The van der Waals surface area contributed by atoms with Crippen LogP contribution in [0.3, 0.4) is 0 Å². The molecule has 10 heteroatoms. The Balaban J connectivity index is 2.03. The summed E-state index contributed by atoms with van der Waals surface area (Å²) in [4.78, 5) is 28.9. The Labute approximate surface area is 254 Å². The van der Waals surface area contributed by atoms with Crippen LogP contribution >= 0.6 is 11.6 Å². The van der Waals surface area contributed by atoms with E-state index in [2.05, 4.69) is 5.32 Å². The molecule has 226 valence electrons. The molecule has 42 heavy (non-hydrogen) atoms. The smallest absolute Gasteiger partial charge is 0.264 e. The highest BCUT2D eigenvalue weighted by Gasteiger charge is 2.33. The van der Waals surface area contributed by atoms with Gasteiger partial charge in [-0.25, -0.2) is 8.42 Å². The monoisotopic (exact) mass is 613 g/mol. The van der Waals surface area contributed by atoms with Crippen molar-refractivity contribution >= 4 is 39.1 Å². The molecule has 0 bridgehead atoms. The number of ether oxygens (including phenoxy) is 1. The van der Waals surface area contributed by atoms with Crippen LogP contribution in [0.2, 0.25) is 5.02 Å². The van der Waals surface area contributed by atoms with Gasteiger partial charge in [-0.1, -0.05) is 62.2 Å². The lowest BCUT2D eigenvalue weighted by molar-refractivity contribution is -0.140. The minimum Gasteiger partial charge on any atom is -0.494 e.